The van der Waals surface area contributed by atoms with Gasteiger partial charge < -0.3 is 10.1 Å². The lowest BCUT2D eigenvalue weighted by molar-refractivity contribution is -0.349. The Labute approximate surface area is 179 Å². The molecule has 1 aromatic carbocycles. The second kappa shape index (κ2) is 7.50. The summed E-state index contributed by atoms with van der Waals surface area (Å²) >= 11 is 0. The number of H-pyrrole nitrogens is 2. The van der Waals surface area contributed by atoms with Crippen molar-refractivity contribution in [3.05, 3.63) is 42.7 Å². The van der Waals surface area contributed by atoms with Crippen LogP contribution >= 0.6 is 0 Å². The summed E-state index contributed by atoms with van der Waals surface area (Å²) in [5.74, 6) is 1.76. The smallest absolute Gasteiger partial charge is 0.351 e. The SMILES string of the molecule is CS(=O)(=O)Nc1cccc(Nc2nc3nc[nH]c3c(N3[C@H](CO)C[C@@H]4CC=C[C@H]43)[nH+]2)c1. The minimum absolute atomic E-state index is 0.000221. The van der Waals surface area contributed by atoms with Gasteiger partial charge in [0.25, 0.3) is 0 Å². The maximum Gasteiger partial charge on any atom is 0.351 e. The van der Waals surface area contributed by atoms with E-state index in [1.54, 1.807) is 24.5 Å². The summed E-state index contributed by atoms with van der Waals surface area (Å²) in [6.45, 7) is 0.0641. The summed E-state index contributed by atoms with van der Waals surface area (Å²) < 4.78 is 25.5. The second-order valence-electron chi connectivity index (χ2n) is 8.01. The van der Waals surface area contributed by atoms with Gasteiger partial charge in [-0.2, -0.15) is 0 Å². The van der Waals surface area contributed by atoms with Crippen molar-refractivity contribution in [2.24, 2.45) is 5.92 Å². The molecule has 3 heterocycles. The molecule has 3 aromatic rings. The molecule has 31 heavy (non-hydrogen) atoms. The van der Waals surface area contributed by atoms with Crippen molar-refractivity contribution in [2.45, 2.75) is 24.9 Å². The van der Waals surface area contributed by atoms with Crippen LogP contribution in [0.15, 0.2) is 42.7 Å². The lowest BCUT2D eigenvalue weighted by atomic mass is 10.0. The molecule has 0 radical (unpaired) electrons. The molecule has 2 aliphatic rings. The Balaban J connectivity index is 1.52. The van der Waals surface area contributed by atoms with Gasteiger partial charge in [-0.15, -0.1) is 0 Å². The molecule has 1 aliphatic heterocycles. The predicted molar refractivity (Wildman–Crippen MR) is 118 cm³/mol. The van der Waals surface area contributed by atoms with Crippen molar-refractivity contribution in [3.8, 4) is 0 Å². The van der Waals surface area contributed by atoms with Crippen LogP contribution in [0.2, 0.25) is 0 Å². The molecule has 1 aliphatic carbocycles. The van der Waals surface area contributed by atoms with Gasteiger partial charge in [0, 0.05) is 0 Å². The number of sulfonamides is 1. The molecule has 0 amide bonds. The van der Waals surface area contributed by atoms with E-state index in [0.717, 1.165) is 30.4 Å². The van der Waals surface area contributed by atoms with Crippen LogP contribution in [0.1, 0.15) is 12.8 Å². The number of nitrogens with one attached hydrogen (secondary N) is 4. The number of hydrogen-bond donors (Lipinski definition) is 4. The number of benzene rings is 1. The molecular formula is C20H24N7O3S+. The first-order chi connectivity index (χ1) is 14.9. The fraction of sp³-hybridized carbons (Fsp3) is 0.350. The van der Waals surface area contributed by atoms with Gasteiger partial charge in [-0.3, -0.25) is 14.9 Å². The Morgan fingerprint density at radius 1 is 1.35 bits per heavy atom. The van der Waals surface area contributed by atoms with Crippen molar-refractivity contribution in [1.82, 2.24) is 15.0 Å². The maximum absolute atomic E-state index is 11.5. The second-order valence-corrected chi connectivity index (χ2v) is 9.76. The predicted octanol–water partition coefficient (Wildman–Crippen LogP) is 1.40. The van der Waals surface area contributed by atoms with Gasteiger partial charge in [-0.05, 0) is 37.0 Å². The molecular weight excluding hydrogens is 418 g/mol. The number of anilines is 4. The van der Waals surface area contributed by atoms with Crippen LogP contribution in [0.3, 0.4) is 0 Å². The summed E-state index contributed by atoms with van der Waals surface area (Å²) in [5, 5.41) is 13.2. The number of fused-ring (bicyclic) bond motifs is 2. The lowest BCUT2D eigenvalue weighted by Crippen LogP contribution is -2.41. The summed E-state index contributed by atoms with van der Waals surface area (Å²) in [5.41, 5.74) is 2.44. The minimum Gasteiger partial charge on any atom is -0.393 e. The third kappa shape index (κ3) is 3.81. The first-order valence-corrected chi connectivity index (χ1v) is 12.0. The highest BCUT2D eigenvalue weighted by Crippen LogP contribution is 2.40. The summed E-state index contributed by atoms with van der Waals surface area (Å²) in [7, 11) is -3.38. The summed E-state index contributed by atoms with van der Waals surface area (Å²) in [4.78, 5) is 17.6. The van der Waals surface area contributed by atoms with E-state index in [2.05, 4.69) is 47.0 Å². The van der Waals surface area contributed by atoms with Crippen LogP contribution in [0.25, 0.3) is 11.2 Å². The molecule has 0 bridgehead atoms. The fourth-order valence-corrected chi connectivity index (χ4v) is 5.12. The van der Waals surface area contributed by atoms with Crippen molar-refractivity contribution in [3.63, 3.8) is 0 Å². The number of aliphatic hydroxyl groups is 1. The number of hydrogen-bond acceptors (Lipinski definition) is 7. The zero-order valence-corrected chi connectivity index (χ0v) is 17.7. The highest BCUT2D eigenvalue weighted by atomic mass is 32.2. The molecule has 0 saturated carbocycles. The molecule has 5 rings (SSSR count). The molecule has 2 aromatic heterocycles. The van der Waals surface area contributed by atoms with E-state index >= 15 is 0 Å². The summed E-state index contributed by atoms with van der Waals surface area (Å²) in [6.07, 6.45) is 9.03. The molecule has 5 N–H and O–H groups in total. The number of aromatic amines is 2. The number of allylic oxidation sites excluding steroid dienone is 1. The van der Waals surface area contributed by atoms with Gasteiger partial charge in [0.15, 0.2) is 5.52 Å². The van der Waals surface area contributed by atoms with E-state index in [1.807, 2.05) is 6.07 Å². The van der Waals surface area contributed by atoms with Crippen molar-refractivity contribution < 1.29 is 18.5 Å². The zero-order chi connectivity index (χ0) is 21.6. The maximum atomic E-state index is 11.5. The van der Waals surface area contributed by atoms with Gasteiger partial charge in [0.05, 0.1) is 42.6 Å². The Bertz CT molecular complexity index is 1260. The Morgan fingerprint density at radius 3 is 3.00 bits per heavy atom. The first kappa shape index (κ1) is 19.8. The van der Waals surface area contributed by atoms with Crippen LogP contribution in [0.5, 0.6) is 0 Å². The normalized spacial score (nSPS) is 22.8. The molecule has 10 nitrogen and oxygen atoms in total. The number of aliphatic hydroxyl groups excluding tert-OH is 1. The van der Waals surface area contributed by atoms with Gasteiger partial charge in [0.2, 0.25) is 21.5 Å². The monoisotopic (exact) mass is 442 g/mol. The molecule has 0 spiro atoms. The molecule has 11 heteroatoms. The Morgan fingerprint density at radius 2 is 2.19 bits per heavy atom. The van der Waals surface area contributed by atoms with E-state index < -0.39 is 10.0 Å². The van der Waals surface area contributed by atoms with E-state index in [4.69, 9.17) is 0 Å². The molecule has 1 saturated heterocycles. The average molecular weight is 443 g/mol. The number of nitrogens with zero attached hydrogens (tertiary/aromatic N) is 3. The Hall–Kier alpha value is -3.18. The number of aromatic nitrogens is 4. The third-order valence-corrected chi connectivity index (χ3v) is 6.36. The highest BCUT2D eigenvalue weighted by molar-refractivity contribution is 7.92. The fourth-order valence-electron chi connectivity index (χ4n) is 4.56. The Kier molecular flexibility index (Phi) is 4.78. The van der Waals surface area contributed by atoms with Crippen molar-refractivity contribution >= 4 is 44.3 Å². The van der Waals surface area contributed by atoms with Crippen LogP contribution < -0.4 is 19.9 Å². The quantitative estimate of drug-likeness (QED) is 0.424. The van der Waals surface area contributed by atoms with E-state index in [9.17, 15) is 13.5 Å². The molecule has 162 valence electrons. The van der Waals surface area contributed by atoms with E-state index in [0.29, 0.717) is 28.9 Å². The summed E-state index contributed by atoms with van der Waals surface area (Å²) in [6, 6.07) is 7.14. The molecule has 3 atom stereocenters. The van der Waals surface area contributed by atoms with E-state index in [1.165, 1.54) is 0 Å². The van der Waals surface area contributed by atoms with E-state index in [-0.39, 0.29) is 18.7 Å². The van der Waals surface area contributed by atoms with Crippen LogP contribution in [0, 0.1) is 5.92 Å². The molecule has 0 unspecified atom stereocenters. The van der Waals surface area contributed by atoms with Crippen molar-refractivity contribution in [2.75, 3.05) is 27.8 Å². The molecule has 1 fully saturated rings. The van der Waals surface area contributed by atoms with Crippen molar-refractivity contribution in [1.29, 1.82) is 0 Å². The number of imidazole rings is 1. The largest absolute Gasteiger partial charge is 0.393 e. The van der Waals surface area contributed by atoms with Crippen LogP contribution in [-0.4, -0.2) is 53.4 Å². The van der Waals surface area contributed by atoms with Gasteiger partial charge in [-0.25, -0.2) is 18.4 Å². The highest BCUT2D eigenvalue weighted by Gasteiger charge is 2.45. The van der Waals surface area contributed by atoms with Gasteiger partial charge in [0.1, 0.15) is 0 Å². The lowest BCUT2D eigenvalue weighted by Gasteiger charge is -2.25. The minimum atomic E-state index is -3.38. The van der Waals surface area contributed by atoms with Crippen LogP contribution in [0.4, 0.5) is 23.1 Å². The van der Waals surface area contributed by atoms with Crippen LogP contribution in [-0.2, 0) is 10.0 Å². The third-order valence-electron chi connectivity index (χ3n) is 5.75. The average Bonchev–Trinajstić information content (AvgIpc) is 3.41. The zero-order valence-electron chi connectivity index (χ0n) is 16.9. The number of rotatable bonds is 6. The topological polar surface area (TPSA) is 137 Å². The van der Waals surface area contributed by atoms with Gasteiger partial charge >= 0.3 is 5.95 Å². The first-order valence-electron chi connectivity index (χ1n) is 10.1. The standard InChI is InChI=1S/C20H23N7O3S/c1-31(29,30)26-14-6-3-5-13(9-14)23-20-24-18-17(21-11-22-18)19(25-20)27-15(10-28)8-12-4-2-7-16(12)27/h2-3,5-7,9,11-12,15-16,26,28H,4,8,10H2,1H3,(H2,21,22,23,24,25)/p+1/t12-,15-,16+/m0/s1. The van der Waals surface area contributed by atoms with Gasteiger partial charge in [-0.1, -0.05) is 23.2 Å².